The second-order valence-electron chi connectivity index (χ2n) is 3.39. The van der Waals surface area contributed by atoms with Crippen LogP contribution in [-0.2, 0) is 0 Å². The van der Waals surface area contributed by atoms with E-state index in [1.807, 2.05) is 31.2 Å². The fourth-order valence-electron chi connectivity index (χ4n) is 1.50. The number of benzene rings is 1. The van der Waals surface area contributed by atoms with E-state index in [1.54, 1.807) is 17.9 Å². The van der Waals surface area contributed by atoms with Crippen molar-refractivity contribution >= 4 is 0 Å². The lowest BCUT2D eigenvalue weighted by molar-refractivity contribution is 0.414. The van der Waals surface area contributed by atoms with Gasteiger partial charge in [0.15, 0.2) is 0 Å². The van der Waals surface area contributed by atoms with E-state index >= 15 is 0 Å². The molecule has 2 rings (SSSR count). The van der Waals surface area contributed by atoms with E-state index in [-0.39, 0.29) is 0 Å². The van der Waals surface area contributed by atoms with E-state index in [1.165, 1.54) is 0 Å². The van der Waals surface area contributed by atoms with Crippen LogP contribution in [0, 0.1) is 18.3 Å². The lowest BCUT2D eigenvalue weighted by atomic mass is 10.3. The van der Waals surface area contributed by atoms with E-state index in [0.29, 0.717) is 5.69 Å². The predicted octanol–water partition coefficient (Wildman–Crippen LogP) is 2.06. The second-order valence-corrected chi connectivity index (χ2v) is 3.39. The van der Waals surface area contributed by atoms with Gasteiger partial charge >= 0.3 is 0 Å². The molecule has 16 heavy (non-hydrogen) atoms. The number of nitriles is 1. The van der Waals surface area contributed by atoms with Crippen molar-refractivity contribution in [3.05, 3.63) is 41.7 Å². The molecule has 0 spiro atoms. The zero-order chi connectivity index (χ0) is 11.5. The van der Waals surface area contributed by atoms with Gasteiger partial charge < -0.3 is 4.74 Å². The first-order chi connectivity index (χ1) is 7.74. The van der Waals surface area contributed by atoms with Crippen LogP contribution in [0.1, 0.15) is 11.4 Å². The standard InChI is InChI=1S/C12H11N3O/c1-9-7-11(8-13)15(14-9)10-3-5-12(16-2)6-4-10/h3-7H,1-2H3. The number of methoxy groups -OCH3 is 1. The number of hydrogen-bond donors (Lipinski definition) is 0. The normalized spacial score (nSPS) is 9.81. The first-order valence-corrected chi connectivity index (χ1v) is 4.86. The van der Waals surface area contributed by atoms with Crippen LogP contribution >= 0.6 is 0 Å². The molecule has 4 heteroatoms. The highest BCUT2D eigenvalue weighted by molar-refractivity contribution is 5.40. The summed E-state index contributed by atoms with van der Waals surface area (Å²) in [6.07, 6.45) is 0. The SMILES string of the molecule is COc1ccc(-n2nc(C)cc2C#N)cc1. The van der Waals surface area contributed by atoms with Crippen LogP contribution in [0.2, 0.25) is 0 Å². The average Bonchev–Trinajstić information content (AvgIpc) is 2.70. The Balaban J connectivity index is 2.46. The summed E-state index contributed by atoms with van der Waals surface area (Å²) in [5, 5.41) is 13.2. The van der Waals surface area contributed by atoms with E-state index in [9.17, 15) is 0 Å². The van der Waals surface area contributed by atoms with Crippen LogP contribution in [0.3, 0.4) is 0 Å². The van der Waals surface area contributed by atoms with Crippen LogP contribution in [0.5, 0.6) is 5.75 Å². The minimum absolute atomic E-state index is 0.530. The molecular weight excluding hydrogens is 202 g/mol. The van der Waals surface area contributed by atoms with Gasteiger partial charge in [0.25, 0.3) is 0 Å². The first-order valence-electron chi connectivity index (χ1n) is 4.86. The number of ether oxygens (including phenoxy) is 1. The molecule has 0 amide bonds. The molecule has 0 radical (unpaired) electrons. The molecule has 80 valence electrons. The number of hydrogen-bond acceptors (Lipinski definition) is 3. The third-order valence-corrected chi connectivity index (χ3v) is 2.26. The maximum absolute atomic E-state index is 8.96. The van der Waals surface area contributed by atoms with Crippen molar-refractivity contribution < 1.29 is 4.74 Å². The van der Waals surface area contributed by atoms with Crippen molar-refractivity contribution in [2.75, 3.05) is 7.11 Å². The smallest absolute Gasteiger partial charge is 0.144 e. The molecule has 4 nitrogen and oxygen atoms in total. The van der Waals surface area contributed by atoms with Gasteiger partial charge in [-0.05, 0) is 37.3 Å². The Morgan fingerprint density at radius 3 is 2.56 bits per heavy atom. The Morgan fingerprint density at radius 2 is 2.00 bits per heavy atom. The Labute approximate surface area is 93.7 Å². The van der Waals surface area contributed by atoms with E-state index < -0.39 is 0 Å². The number of aryl methyl sites for hydroxylation is 1. The Bertz CT molecular complexity index is 534. The topological polar surface area (TPSA) is 50.8 Å². The maximum Gasteiger partial charge on any atom is 0.144 e. The number of rotatable bonds is 2. The zero-order valence-electron chi connectivity index (χ0n) is 9.14. The molecule has 1 heterocycles. The molecule has 0 aliphatic rings. The third-order valence-electron chi connectivity index (χ3n) is 2.26. The highest BCUT2D eigenvalue weighted by Gasteiger charge is 2.06. The van der Waals surface area contributed by atoms with Crippen LogP contribution in [0.25, 0.3) is 5.69 Å². The molecule has 0 bridgehead atoms. The Morgan fingerprint density at radius 1 is 1.31 bits per heavy atom. The summed E-state index contributed by atoms with van der Waals surface area (Å²) in [5.74, 6) is 0.783. The zero-order valence-corrected chi connectivity index (χ0v) is 9.14. The second kappa shape index (κ2) is 4.07. The van der Waals surface area contributed by atoms with Crippen molar-refractivity contribution in [2.24, 2.45) is 0 Å². The first kappa shape index (κ1) is 10.2. The van der Waals surface area contributed by atoms with E-state index in [4.69, 9.17) is 10.00 Å². The average molecular weight is 213 g/mol. The maximum atomic E-state index is 8.96. The molecule has 0 N–H and O–H groups in total. The van der Waals surface area contributed by atoms with Gasteiger partial charge in [0.2, 0.25) is 0 Å². The molecule has 0 aliphatic carbocycles. The van der Waals surface area contributed by atoms with Crippen LogP contribution < -0.4 is 4.74 Å². The van der Waals surface area contributed by atoms with Crippen molar-refractivity contribution in [1.82, 2.24) is 9.78 Å². The fourth-order valence-corrected chi connectivity index (χ4v) is 1.50. The van der Waals surface area contributed by atoms with Crippen molar-refractivity contribution in [2.45, 2.75) is 6.92 Å². The van der Waals surface area contributed by atoms with Gasteiger partial charge in [-0.1, -0.05) is 0 Å². The molecule has 1 aromatic carbocycles. The molecule has 2 aromatic rings. The largest absolute Gasteiger partial charge is 0.497 e. The number of aromatic nitrogens is 2. The summed E-state index contributed by atoms with van der Waals surface area (Å²) in [6, 6.07) is 11.3. The van der Waals surface area contributed by atoms with Crippen molar-refractivity contribution in [1.29, 1.82) is 5.26 Å². The molecule has 0 atom stereocenters. The van der Waals surface area contributed by atoms with Crippen molar-refractivity contribution in [3.8, 4) is 17.5 Å². The monoisotopic (exact) mass is 213 g/mol. The minimum Gasteiger partial charge on any atom is -0.497 e. The third kappa shape index (κ3) is 1.75. The molecular formula is C12H11N3O. The predicted molar refractivity (Wildman–Crippen MR) is 59.6 cm³/mol. The quantitative estimate of drug-likeness (QED) is 0.767. The van der Waals surface area contributed by atoms with Gasteiger partial charge in [0.05, 0.1) is 18.5 Å². The van der Waals surface area contributed by atoms with Gasteiger partial charge in [0.1, 0.15) is 17.5 Å². The molecule has 0 fully saturated rings. The molecule has 0 unspecified atom stereocenters. The summed E-state index contributed by atoms with van der Waals surface area (Å²) < 4.78 is 6.69. The van der Waals surface area contributed by atoms with Gasteiger partial charge in [-0.25, -0.2) is 4.68 Å². The summed E-state index contributed by atoms with van der Waals surface area (Å²) >= 11 is 0. The van der Waals surface area contributed by atoms with Crippen LogP contribution in [-0.4, -0.2) is 16.9 Å². The van der Waals surface area contributed by atoms with Gasteiger partial charge in [-0.3, -0.25) is 0 Å². The summed E-state index contributed by atoms with van der Waals surface area (Å²) in [5.41, 5.74) is 2.21. The summed E-state index contributed by atoms with van der Waals surface area (Å²) in [6.45, 7) is 1.86. The Kier molecular flexibility index (Phi) is 2.61. The highest BCUT2D eigenvalue weighted by Crippen LogP contribution is 2.16. The van der Waals surface area contributed by atoms with Crippen LogP contribution in [0.4, 0.5) is 0 Å². The lowest BCUT2D eigenvalue weighted by Gasteiger charge is -2.04. The highest BCUT2D eigenvalue weighted by atomic mass is 16.5. The minimum atomic E-state index is 0.530. The van der Waals surface area contributed by atoms with E-state index in [2.05, 4.69) is 11.2 Å². The molecule has 1 aromatic heterocycles. The molecule has 0 saturated heterocycles. The van der Waals surface area contributed by atoms with Gasteiger partial charge in [-0.15, -0.1) is 0 Å². The molecule has 0 aliphatic heterocycles. The molecule has 0 saturated carbocycles. The van der Waals surface area contributed by atoms with Gasteiger partial charge in [-0.2, -0.15) is 10.4 Å². The number of nitrogens with zero attached hydrogens (tertiary/aromatic N) is 3. The lowest BCUT2D eigenvalue weighted by Crippen LogP contribution is -1.99. The van der Waals surface area contributed by atoms with Crippen molar-refractivity contribution in [3.63, 3.8) is 0 Å². The Hall–Kier alpha value is -2.28. The summed E-state index contributed by atoms with van der Waals surface area (Å²) in [7, 11) is 1.62. The summed E-state index contributed by atoms with van der Waals surface area (Å²) in [4.78, 5) is 0. The fraction of sp³-hybridized carbons (Fsp3) is 0.167. The van der Waals surface area contributed by atoms with Crippen LogP contribution in [0.15, 0.2) is 30.3 Å². The van der Waals surface area contributed by atoms with Gasteiger partial charge in [0, 0.05) is 0 Å². The van der Waals surface area contributed by atoms with E-state index in [0.717, 1.165) is 17.1 Å².